The maximum atomic E-state index is 12.5. The van der Waals surface area contributed by atoms with Gasteiger partial charge in [-0.15, -0.1) is 11.3 Å². The average molecular weight is 371 g/mol. The van der Waals surface area contributed by atoms with Gasteiger partial charge in [0, 0.05) is 0 Å². The molecule has 6 nitrogen and oxygen atoms in total. The fourth-order valence-corrected chi connectivity index (χ4v) is 3.09. The van der Waals surface area contributed by atoms with E-state index in [0.717, 1.165) is 21.8 Å². The molecular weight excluding hydrogens is 350 g/mol. The van der Waals surface area contributed by atoms with Crippen LogP contribution in [-0.2, 0) is 11.3 Å². The molecule has 1 amide bonds. The highest BCUT2D eigenvalue weighted by Gasteiger charge is 2.20. The fraction of sp³-hybridized carbons (Fsp3) is 0.316. The van der Waals surface area contributed by atoms with Crippen LogP contribution in [0.1, 0.15) is 30.4 Å². The number of carbonyl (C=O) groups is 1. The van der Waals surface area contributed by atoms with Gasteiger partial charge in [0.1, 0.15) is 5.75 Å². The number of nitrogens with zero attached hydrogens (tertiary/aromatic N) is 2. The van der Waals surface area contributed by atoms with Gasteiger partial charge in [-0.3, -0.25) is 4.79 Å². The second kappa shape index (κ2) is 8.14. The summed E-state index contributed by atoms with van der Waals surface area (Å²) in [5.41, 5.74) is 2.17. The van der Waals surface area contributed by atoms with Crippen molar-refractivity contribution in [2.24, 2.45) is 0 Å². The molecule has 0 aliphatic carbocycles. The predicted octanol–water partition coefficient (Wildman–Crippen LogP) is 3.89. The second-order valence-electron chi connectivity index (χ2n) is 5.92. The molecule has 0 unspecified atom stereocenters. The molecule has 1 aromatic carbocycles. The first-order valence-corrected chi connectivity index (χ1v) is 9.33. The van der Waals surface area contributed by atoms with E-state index >= 15 is 0 Å². The summed E-state index contributed by atoms with van der Waals surface area (Å²) < 4.78 is 11.1. The third-order valence-corrected chi connectivity index (χ3v) is 4.98. The Bertz CT molecular complexity index is 874. The van der Waals surface area contributed by atoms with Gasteiger partial charge in [0.2, 0.25) is 11.7 Å². The molecule has 136 valence electrons. The molecule has 0 aliphatic heterocycles. The van der Waals surface area contributed by atoms with E-state index in [1.807, 2.05) is 56.5 Å². The molecule has 0 bridgehead atoms. The molecule has 3 rings (SSSR count). The first kappa shape index (κ1) is 18.1. The minimum absolute atomic E-state index is 0.171. The largest absolute Gasteiger partial charge is 0.480 e. The van der Waals surface area contributed by atoms with Crippen LogP contribution in [0.4, 0.5) is 0 Å². The van der Waals surface area contributed by atoms with Crippen molar-refractivity contribution in [1.82, 2.24) is 15.5 Å². The SMILES string of the molecule is CC[C@@H](Oc1cccc(C)c1C)C(=O)NCc1nc(-c2cccs2)no1. The van der Waals surface area contributed by atoms with Crippen molar-refractivity contribution in [2.45, 2.75) is 39.8 Å². The highest BCUT2D eigenvalue weighted by Crippen LogP contribution is 2.23. The number of aryl methyl sites for hydroxylation is 1. The topological polar surface area (TPSA) is 77.2 Å². The van der Waals surface area contributed by atoms with Crippen LogP contribution in [0.15, 0.2) is 40.2 Å². The van der Waals surface area contributed by atoms with Crippen molar-refractivity contribution in [1.29, 1.82) is 0 Å². The van der Waals surface area contributed by atoms with E-state index < -0.39 is 6.10 Å². The Kier molecular flexibility index (Phi) is 5.68. The Morgan fingerprint density at radius 2 is 2.15 bits per heavy atom. The summed E-state index contributed by atoms with van der Waals surface area (Å²) >= 11 is 1.53. The lowest BCUT2D eigenvalue weighted by molar-refractivity contribution is -0.128. The Balaban J connectivity index is 1.60. The lowest BCUT2D eigenvalue weighted by Gasteiger charge is -2.18. The number of amides is 1. The number of carbonyl (C=O) groups excluding carboxylic acids is 1. The van der Waals surface area contributed by atoms with Gasteiger partial charge in [-0.2, -0.15) is 4.98 Å². The van der Waals surface area contributed by atoms with Crippen molar-refractivity contribution in [2.75, 3.05) is 0 Å². The van der Waals surface area contributed by atoms with Gasteiger partial charge >= 0.3 is 0 Å². The Morgan fingerprint density at radius 1 is 1.31 bits per heavy atom. The monoisotopic (exact) mass is 371 g/mol. The normalized spacial score (nSPS) is 12.0. The minimum Gasteiger partial charge on any atom is -0.480 e. The van der Waals surface area contributed by atoms with Crippen molar-refractivity contribution < 1.29 is 14.1 Å². The highest BCUT2D eigenvalue weighted by atomic mass is 32.1. The molecule has 0 saturated heterocycles. The van der Waals surface area contributed by atoms with E-state index in [1.54, 1.807) is 0 Å². The Hall–Kier alpha value is -2.67. The second-order valence-corrected chi connectivity index (χ2v) is 6.87. The summed E-state index contributed by atoms with van der Waals surface area (Å²) in [5.74, 6) is 1.42. The first-order valence-electron chi connectivity index (χ1n) is 8.45. The lowest BCUT2D eigenvalue weighted by atomic mass is 10.1. The van der Waals surface area contributed by atoms with Crippen LogP contribution in [0.2, 0.25) is 0 Å². The number of ether oxygens (including phenoxy) is 1. The van der Waals surface area contributed by atoms with Crippen LogP contribution in [0, 0.1) is 13.8 Å². The standard InChI is InChI=1S/C19H21N3O3S/c1-4-14(24-15-8-5-7-12(2)13(15)3)19(23)20-11-17-21-18(22-25-17)16-9-6-10-26-16/h5-10,14H,4,11H2,1-3H3,(H,20,23)/t14-/m1/s1. The molecule has 0 radical (unpaired) electrons. The molecule has 0 spiro atoms. The number of benzene rings is 1. The summed E-state index contributed by atoms with van der Waals surface area (Å²) in [7, 11) is 0. The van der Waals surface area contributed by atoms with Gasteiger partial charge in [-0.1, -0.05) is 30.3 Å². The van der Waals surface area contributed by atoms with E-state index in [4.69, 9.17) is 9.26 Å². The molecule has 2 heterocycles. The summed E-state index contributed by atoms with van der Waals surface area (Å²) in [4.78, 5) is 17.7. The van der Waals surface area contributed by atoms with Gasteiger partial charge < -0.3 is 14.6 Å². The first-order chi connectivity index (χ1) is 12.6. The average Bonchev–Trinajstić information content (AvgIpc) is 3.32. The number of aromatic nitrogens is 2. The van der Waals surface area contributed by atoms with Crippen LogP contribution in [0.25, 0.3) is 10.7 Å². The van der Waals surface area contributed by atoms with Gasteiger partial charge in [0.05, 0.1) is 11.4 Å². The summed E-state index contributed by atoms with van der Waals surface area (Å²) in [6.45, 7) is 6.09. The molecule has 2 aromatic heterocycles. The third kappa shape index (κ3) is 4.11. The van der Waals surface area contributed by atoms with Gasteiger partial charge in [-0.05, 0) is 48.9 Å². The molecule has 0 fully saturated rings. The molecule has 26 heavy (non-hydrogen) atoms. The molecule has 7 heteroatoms. The number of nitrogens with one attached hydrogen (secondary N) is 1. The number of hydrogen-bond acceptors (Lipinski definition) is 6. The Morgan fingerprint density at radius 3 is 2.88 bits per heavy atom. The van der Waals surface area contributed by atoms with Gasteiger partial charge in [0.15, 0.2) is 6.10 Å². The zero-order valence-corrected chi connectivity index (χ0v) is 15.8. The quantitative estimate of drug-likeness (QED) is 0.682. The van der Waals surface area contributed by atoms with Crippen LogP contribution in [0.3, 0.4) is 0 Å². The van der Waals surface area contributed by atoms with E-state index in [9.17, 15) is 4.79 Å². The van der Waals surface area contributed by atoms with E-state index in [2.05, 4.69) is 15.5 Å². The summed E-state index contributed by atoms with van der Waals surface area (Å²) in [6.07, 6.45) is -0.0149. The highest BCUT2D eigenvalue weighted by molar-refractivity contribution is 7.13. The predicted molar refractivity (Wildman–Crippen MR) is 100 cm³/mol. The van der Waals surface area contributed by atoms with Gasteiger partial charge in [0.25, 0.3) is 5.91 Å². The van der Waals surface area contributed by atoms with Crippen molar-refractivity contribution in [3.63, 3.8) is 0 Å². The molecule has 1 N–H and O–H groups in total. The maximum absolute atomic E-state index is 12.5. The molecule has 0 saturated carbocycles. The zero-order valence-electron chi connectivity index (χ0n) is 15.0. The molecule has 1 atom stereocenters. The number of hydrogen-bond donors (Lipinski definition) is 1. The van der Waals surface area contributed by atoms with E-state index in [1.165, 1.54) is 11.3 Å². The van der Waals surface area contributed by atoms with Crippen molar-refractivity contribution in [3.05, 3.63) is 52.7 Å². The summed E-state index contributed by atoms with van der Waals surface area (Å²) in [6, 6.07) is 9.66. The number of rotatable bonds is 7. The van der Waals surface area contributed by atoms with E-state index in [-0.39, 0.29) is 12.5 Å². The smallest absolute Gasteiger partial charge is 0.261 e. The van der Waals surface area contributed by atoms with Crippen molar-refractivity contribution in [3.8, 4) is 16.5 Å². The molecular formula is C19H21N3O3S. The minimum atomic E-state index is -0.574. The molecule has 0 aliphatic rings. The number of thiophene rings is 1. The van der Waals surface area contributed by atoms with Crippen LogP contribution < -0.4 is 10.1 Å². The third-order valence-electron chi connectivity index (χ3n) is 4.11. The summed E-state index contributed by atoms with van der Waals surface area (Å²) in [5, 5.41) is 8.69. The van der Waals surface area contributed by atoms with Crippen LogP contribution >= 0.6 is 11.3 Å². The van der Waals surface area contributed by atoms with Crippen molar-refractivity contribution >= 4 is 17.2 Å². The fourth-order valence-electron chi connectivity index (χ4n) is 2.44. The van der Waals surface area contributed by atoms with E-state index in [0.29, 0.717) is 18.1 Å². The van der Waals surface area contributed by atoms with Crippen LogP contribution in [0.5, 0.6) is 5.75 Å². The lowest BCUT2D eigenvalue weighted by Crippen LogP contribution is -2.37. The van der Waals surface area contributed by atoms with Gasteiger partial charge in [-0.25, -0.2) is 0 Å². The Labute approximate surface area is 156 Å². The van der Waals surface area contributed by atoms with Crippen LogP contribution in [-0.4, -0.2) is 22.2 Å². The molecule has 3 aromatic rings. The maximum Gasteiger partial charge on any atom is 0.261 e. The zero-order chi connectivity index (χ0) is 18.5.